The van der Waals surface area contributed by atoms with Crippen LogP contribution in [0.5, 0.6) is 0 Å². The largest absolute Gasteiger partial charge is 0.352 e. The molecular formula is C18H27N5O4. The molecule has 1 aromatic rings. The summed E-state index contributed by atoms with van der Waals surface area (Å²) in [4.78, 5) is 41.9. The highest BCUT2D eigenvalue weighted by atomic mass is 16.5. The number of carbonyl (C=O) groups is 3. The molecule has 2 aliphatic rings. The van der Waals surface area contributed by atoms with Crippen LogP contribution in [0.3, 0.4) is 0 Å². The van der Waals surface area contributed by atoms with Crippen LogP contribution < -0.4 is 10.6 Å². The van der Waals surface area contributed by atoms with Gasteiger partial charge in [0, 0.05) is 51.3 Å². The van der Waals surface area contributed by atoms with Crippen molar-refractivity contribution < 1.29 is 19.1 Å². The minimum absolute atomic E-state index is 0.00274. The van der Waals surface area contributed by atoms with Gasteiger partial charge < -0.3 is 24.8 Å². The van der Waals surface area contributed by atoms with E-state index in [0.717, 1.165) is 5.82 Å². The van der Waals surface area contributed by atoms with Crippen LogP contribution in [0.1, 0.15) is 39.4 Å². The van der Waals surface area contributed by atoms with E-state index < -0.39 is 11.7 Å². The van der Waals surface area contributed by atoms with Gasteiger partial charge >= 0.3 is 0 Å². The lowest BCUT2D eigenvalue weighted by Crippen LogP contribution is -2.55. The van der Waals surface area contributed by atoms with Gasteiger partial charge in [-0.25, -0.2) is 4.98 Å². The zero-order valence-electron chi connectivity index (χ0n) is 16.0. The van der Waals surface area contributed by atoms with E-state index in [-0.39, 0.29) is 30.3 Å². The number of imidazole rings is 1. The molecule has 0 saturated carbocycles. The van der Waals surface area contributed by atoms with Crippen molar-refractivity contribution in [1.29, 1.82) is 0 Å². The maximum absolute atomic E-state index is 12.5. The molecule has 3 amide bonds. The lowest BCUT2D eigenvalue weighted by molar-refractivity contribution is -0.176. The number of fused-ring (bicyclic) bond motifs is 2. The van der Waals surface area contributed by atoms with Crippen LogP contribution in [0.25, 0.3) is 0 Å². The number of hydrogen-bond acceptors (Lipinski definition) is 5. The van der Waals surface area contributed by atoms with Crippen molar-refractivity contribution >= 4 is 17.7 Å². The molecule has 0 radical (unpaired) electrons. The second-order valence-electron chi connectivity index (χ2n) is 7.46. The quantitative estimate of drug-likeness (QED) is 0.753. The lowest BCUT2D eigenvalue weighted by Gasteiger charge is -2.45. The van der Waals surface area contributed by atoms with E-state index >= 15 is 0 Å². The number of rotatable bonds is 4. The summed E-state index contributed by atoms with van der Waals surface area (Å²) in [6.07, 6.45) is 4.11. The standard InChI is InChI=1S/C18H27N5O4/c1-12(2)21-16(26)14-11-23-9-6-19-17(23)18(27-14)4-7-22(8-5-18)15(25)10-20-13(3)24/h6,9,12,14H,4-5,7-8,10-11H2,1-3H3,(H,20,24)(H,21,26)/t14-/m0/s1. The molecule has 0 bridgehead atoms. The van der Waals surface area contributed by atoms with E-state index in [1.54, 1.807) is 11.1 Å². The lowest BCUT2D eigenvalue weighted by atomic mass is 9.88. The fourth-order valence-electron chi connectivity index (χ4n) is 3.68. The number of piperidine rings is 1. The molecule has 1 fully saturated rings. The summed E-state index contributed by atoms with van der Waals surface area (Å²) in [5, 5.41) is 5.44. The Bertz CT molecular complexity index is 721. The Morgan fingerprint density at radius 1 is 1.33 bits per heavy atom. The highest BCUT2D eigenvalue weighted by Crippen LogP contribution is 2.40. The number of nitrogens with zero attached hydrogens (tertiary/aromatic N) is 3. The van der Waals surface area contributed by atoms with E-state index in [1.807, 2.05) is 24.6 Å². The van der Waals surface area contributed by atoms with Crippen molar-refractivity contribution in [3.8, 4) is 0 Å². The van der Waals surface area contributed by atoms with Gasteiger partial charge in [0.1, 0.15) is 11.4 Å². The molecule has 3 rings (SSSR count). The van der Waals surface area contributed by atoms with E-state index in [9.17, 15) is 14.4 Å². The summed E-state index contributed by atoms with van der Waals surface area (Å²) >= 11 is 0. The predicted octanol–water partition coefficient (Wildman–Crippen LogP) is -0.240. The molecule has 2 aliphatic heterocycles. The van der Waals surface area contributed by atoms with E-state index in [1.165, 1.54) is 6.92 Å². The minimum atomic E-state index is -0.675. The fraction of sp³-hybridized carbons (Fsp3) is 0.667. The molecule has 1 saturated heterocycles. The second kappa shape index (κ2) is 7.67. The van der Waals surface area contributed by atoms with Crippen LogP contribution in [0.2, 0.25) is 0 Å². The number of ether oxygens (including phenoxy) is 1. The first-order valence-corrected chi connectivity index (χ1v) is 9.33. The molecule has 1 atom stereocenters. The Balaban J connectivity index is 1.71. The first-order valence-electron chi connectivity index (χ1n) is 9.33. The van der Waals surface area contributed by atoms with Crippen LogP contribution in [0, 0.1) is 0 Å². The molecule has 0 aliphatic carbocycles. The summed E-state index contributed by atoms with van der Waals surface area (Å²) in [7, 11) is 0. The van der Waals surface area contributed by atoms with Gasteiger partial charge in [-0.1, -0.05) is 0 Å². The molecule has 0 aromatic carbocycles. The van der Waals surface area contributed by atoms with Crippen molar-refractivity contribution in [2.24, 2.45) is 0 Å². The van der Waals surface area contributed by atoms with Crippen LogP contribution in [0.4, 0.5) is 0 Å². The Hall–Kier alpha value is -2.42. The summed E-state index contributed by atoms with van der Waals surface area (Å²) in [6, 6.07) is 0.0366. The summed E-state index contributed by atoms with van der Waals surface area (Å²) in [5.74, 6) is 0.333. The zero-order chi connectivity index (χ0) is 19.6. The smallest absolute Gasteiger partial charge is 0.251 e. The molecule has 27 heavy (non-hydrogen) atoms. The molecule has 148 valence electrons. The summed E-state index contributed by atoms with van der Waals surface area (Å²) < 4.78 is 8.26. The van der Waals surface area contributed by atoms with Gasteiger partial charge in [-0.05, 0) is 13.8 Å². The molecule has 1 aromatic heterocycles. The van der Waals surface area contributed by atoms with Crippen molar-refractivity contribution in [3.05, 3.63) is 18.2 Å². The number of hydrogen-bond donors (Lipinski definition) is 2. The topological polar surface area (TPSA) is 106 Å². The van der Waals surface area contributed by atoms with Gasteiger partial charge in [0.15, 0.2) is 6.10 Å². The number of carbonyl (C=O) groups excluding carboxylic acids is 3. The molecule has 9 heteroatoms. The zero-order valence-corrected chi connectivity index (χ0v) is 16.0. The Labute approximate surface area is 158 Å². The Kier molecular flexibility index (Phi) is 5.50. The number of aromatic nitrogens is 2. The normalized spacial score (nSPS) is 21.0. The van der Waals surface area contributed by atoms with Gasteiger partial charge in [-0.3, -0.25) is 14.4 Å². The third kappa shape index (κ3) is 4.13. The molecule has 9 nitrogen and oxygen atoms in total. The number of nitrogens with one attached hydrogen (secondary N) is 2. The van der Waals surface area contributed by atoms with Crippen LogP contribution in [-0.2, 0) is 31.3 Å². The summed E-state index contributed by atoms with van der Waals surface area (Å²) in [6.45, 7) is 6.62. The third-order valence-electron chi connectivity index (χ3n) is 4.99. The molecule has 1 spiro atoms. The second-order valence-corrected chi connectivity index (χ2v) is 7.46. The van der Waals surface area contributed by atoms with Crippen molar-refractivity contribution in [1.82, 2.24) is 25.1 Å². The first-order chi connectivity index (χ1) is 12.8. The van der Waals surface area contributed by atoms with Crippen LogP contribution >= 0.6 is 0 Å². The van der Waals surface area contributed by atoms with Crippen LogP contribution in [-0.4, -0.2) is 64.0 Å². The molecular weight excluding hydrogens is 350 g/mol. The first kappa shape index (κ1) is 19.3. The number of amides is 3. The predicted molar refractivity (Wildman–Crippen MR) is 96.6 cm³/mol. The number of likely N-dealkylation sites (tertiary alicyclic amines) is 1. The minimum Gasteiger partial charge on any atom is -0.352 e. The van der Waals surface area contributed by atoms with E-state index in [2.05, 4.69) is 15.6 Å². The van der Waals surface area contributed by atoms with Crippen molar-refractivity contribution in [2.45, 2.75) is 57.9 Å². The maximum Gasteiger partial charge on any atom is 0.251 e. The van der Waals surface area contributed by atoms with E-state index in [4.69, 9.17) is 4.74 Å². The SMILES string of the molecule is CC(=O)NCC(=O)N1CCC2(CC1)O[C@H](C(=O)NC(C)C)Cn1ccnc12. The summed E-state index contributed by atoms with van der Waals surface area (Å²) in [5.41, 5.74) is -0.675. The molecule has 0 unspecified atom stereocenters. The third-order valence-corrected chi connectivity index (χ3v) is 4.99. The van der Waals surface area contributed by atoms with Gasteiger partial charge in [0.25, 0.3) is 5.91 Å². The van der Waals surface area contributed by atoms with E-state index in [0.29, 0.717) is 32.5 Å². The average molecular weight is 377 g/mol. The van der Waals surface area contributed by atoms with Crippen molar-refractivity contribution in [3.63, 3.8) is 0 Å². The Morgan fingerprint density at radius 3 is 2.67 bits per heavy atom. The Morgan fingerprint density at radius 2 is 2.04 bits per heavy atom. The van der Waals surface area contributed by atoms with Gasteiger partial charge in [-0.2, -0.15) is 0 Å². The average Bonchev–Trinajstić information content (AvgIpc) is 3.09. The molecule has 3 heterocycles. The van der Waals surface area contributed by atoms with Gasteiger partial charge in [0.05, 0.1) is 13.1 Å². The fourth-order valence-corrected chi connectivity index (χ4v) is 3.68. The van der Waals surface area contributed by atoms with Crippen LogP contribution in [0.15, 0.2) is 12.4 Å². The highest BCUT2D eigenvalue weighted by molar-refractivity contribution is 5.83. The molecule has 2 N–H and O–H groups in total. The monoisotopic (exact) mass is 377 g/mol. The maximum atomic E-state index is 12.5. The van der Waals surface area contributed by atoms with Gasteiger partial charge in [-0.15, -0.1) is 0 Å². The highest BCUT2D eigenvalue weighted by Gasteiger charge is 2.47. The van der Waals surface area contributed by atoms with Crippen molar-refractivity contribution in [2.75, 3.05) is 19.6 Å². The van der Waals surface area contributed by atoms with Gasteiger partial charge in [0.2, 0.25) is 11.8 Å².